The van der Waals surface area contributed by atoms with Gasteiger partial charge in [-0.05, 0) is 30.9 Å². The Labute approximate surface area is 106 Å². The maximum Gasteiger partial charge on any atom is 0.255 e. The van der Waals surface area contributed by atoms with Gasteiger partial charge in [0.25, 0.3) is 5.91 Å². The number of nitrogens with two attached hydrogens (primary N) is 1. The van der Waals surface area contributed by atoms with Crippen molar-refractivity contribution in [2.24, 2.45) is 5.92 Å². The Morgan fingerprint density at radius 3 is 2.94 bits per heavy atom. The average Bonchev–Trinajstić information content (AvgIpc) is 3.19. The number of hydrogen-bond acceptors (Lipinski definition) is 4. The predicted octanol–water partition coefficient (Wildman–Crippen LogP) is 0.778. The quantitative estimate of drug-likeness (QED) is 0.674. The van der Waals surface area contributed by atoms with Gasteiger partial charge in [0.2, 0.25) is 0 Å². The van der Waals surface area contributed by atoms with E-state index >= 15 is 0 Å². The van der Waals surface area contributed by atoms with E-state index in [1.54, 1.807) is 18.2 Å². The van der Waals surface area contributed by atoms with E-state index < -0.39 is 6.10 Å². The van der Waals surface area contributed by atoms with E-state index in [1.807, 2.05) is 0 Å². The maximum absolute atomic E-state index is 11.9. The van der Waals surface area contributed by atoms with Crippen LogP contribution < -0.4 is 15.8 Å². The number of anilines is 1. The minimum atomic E-state index is -0.450. The lowest BCUT2D eigenvalue weighted by molar-refractivity contribution is 0.0898. The van der Waals surface area contributed by atoms with Gasteiger partial charge in [-0.2, -0.15) is 0 Å². The number of methoxy groups -OCH3 is 1. The first-order valence-electron chi connectivity index (χ1n) is 6.01. The van der Waals surface area contributed by atoms with E-state index in [9.17, 15) is 9.90 Å². The topological polar surface area (TPSA) is 84.6 Å². The van der Waals surface area contributed by atoms with Crippen LogP contribution in [0.15, 0.2) is 18.2 Å². The number of aliphatic hydroxyl groups excluding tert-OH is 1. The smallest absolute Gasteiger partial charge is 0.255 e. The second-order valence-electron chi connectivity index (χ2n) is 4.57. The van der Waals surface area contributed by atoms with Crippen LogP contribution in [0.2, 0.25) is 0 Å². The maximum atomic E-state index is 11.9. The van der Waals surface area contributed by atoms with Gasteiger partial charge in [-0.25, -0.2) is 0 Å². The van der Waals surface area contributed by atoms with E-state index in [-0.39, 0.29) is 12.5 Å². The lowest BCUT2D eigenvalue weighted by Gasteiger charge is -2.12. The summed E-state index contributed by atoms with van der Waals surface area (Å²) in [5.41, 5.74) is 6.59. The number of nitrogen functional groups attached to an aromatic ring is 1. The number of carbonyl (C=O) groups excluding carboxylic acids is 1. The van der Waals surface area contributed by atoms with Crippen LogP contribution in [0.3, 0.4) is 0 Å². The zero-order valence-electron chi connectivity index (χ0n) is 10.3. The SMILES string of the molecule is COc1cc(N)ccc1C(=O)NCC(O)C1CC1. The molecule has 1 aromatic carbocycles. The first-order chi connectivity index (χ1) is 8.61. The van der Waals surface area contributed by atoms with Crippen molar-refractivity contribution in [3.05, 3.63) is 23.8 Å². The van der Waals surface area contributed by atoms with Crippen LogP contribution in [0.4, 0.5) is 5.69 Å². The summed E-state index contributed by atoms with van der Waals surface area (Å²) < 4.78 is 5.11. The highest BCUT2D eigenvalue weighted by Crippen LogP contribution is 2.32. The first-order valence-corrected chi connectivity index (χ1v) is 6.01. The van der Waals surface area contributed by atoms with Crippen molar-refractivity contribution in [1.82, 2.24) is 5.32 Å². The molecule has 5 nitrogen and oxygen atoms in total. The lowest BCUT2D eigenvalue weighted by atomic mass is 10.1. The van der Waals surface area contributed by atoms with E-state index in [4.69, 9.17) is 10.5 Å². The third kappa shape index (κ3) is 2.92. The summed E-state index contributed by atoms with van der Waals surface area (Å²) in [4.78, 5) is 11.9. The average molecular weight is 250 g/mol. The molecular weight excluding hydrogens is 232 g/mol. The Bertz CT molecular complexity index is 444. The fourth-order valence-corrected chi connectivity index (χ4v) is 1.84. The molecule has 2 rings (SSSR count). The predicted molar refractivity (Wildman–Crippen MR) is 68.5 cm³/mol. The molecule has 0 bridgehead atoms. The third-order valence-electron chi connectivity index (χ3n) is 3.11. The monoisotopic (exact) mass is 250 g/mol. The third-order valence-corrected chi connectivity index (χ3v) is 3.11. The van der Waals surface area contributed by atoms with E-state index in [1.165, 1.54) is 7.11 Å². The Kier molecular flexibility index (Phi) is 3.72. The second kappa shape index (κ2) is 5.27. The summed E-state index contributed by atoms with van der Waals surface area (Å²) in [6.45, 7) is 0.275. The van der Waals surface area contributed by atoms with Crippen LogP contribution in [-0.4, -0.2) is 30.8 Å². The van der Waals surface area contributed by atoms with Gasteiger partial charge in [0, 0.05) is 18.3 Å². The van der Waals surface area contributed by atoms with E-state index in [0.717, 1.165) is 12.8 Å². The number of benzene rings is 1. The minimum absolute atomic E-state index is 0.258. The summed E-state index contributed by atoms with van der Waals surface area (Å²) >= 11 is 0. The van der Waals surface area contributed by atoms with Crippen LogP contribution in [0, 0.1) is 5.92 Å². The Morgan fingerprint density at radius 1 is 1.61 bits per heavy atom. The number of nitrogens with one attached hydrogen (secondary N) is 1. The highest BCUT2D eigenvalue weighted by molar-refractivity contribution is 5.97. The molecule has 1 aliphatic rings. The summed E-state index contributed by atoms with van der Waals surface area (Å²) in [6, 6.07) is 4.87. The van der Waals surface area contributed by atoms with Gasteiger partial charge in [0.15, 0.2) is 0 Å². The first kappa shape index (κ1) is 12.7. The Hall–Kier alpha value is -1.75. The molecule has 0 aliphatic heterocycles. The number of rotatable bonds is 5. The molecule has 4 N–H and O–H groups in total. The van der Waals surface area contributed by atoms with Crippen LogP contribution in [0.5, 0.6) is 5.75 Å². The standard InChI is InChI=1S/C13H18N2O3/c1-18-12-6-9(14)4-5-10(12)13(17)15-7-11(16)8-2-3-8/h4-6,8,11,16H,2-3,7,14H2,1H3,(H,15,17). The molecule has 1 atom stereocenters. The molecule has 5 heteroatoms. The number of aliphatic hydroxyl groups is 1. The number of hydrogen-bond donors (Lipinski definition) is 3. The summed E-state index contributed by atoms with van der Waals surface area (Å²) in [5, 5.41) is 12.4. The summed E-state index contributed by atoms with van der Waals surface area (Å²) in [7, 11) is 1.49. The van der Waals surface area contributed by atoms with Crippen LogP contribution in [0.25, 0.3) is 0 Å². The largest absolute Gasteiger partial charge is 0.496 e. The Balaban J connectivity index is 1.99. The van der Waals surface area contributed by atoms with E-state index in [2.05, 4.69) is 5.32 Å². The molecule has 18 heavy (non-hydrogen) atoms. The molecule has 0 radical (unpaired) electrons. The van der Waals surface area contributed by atoms with Gasteiger partial charge >= 0.3 is 0 Å². The van der Waals surface area contributed by atoms with Crippen molar-refractivity contribution in [3.8, 4) is 5.75 Å². The molecule has 98 valence electrons. The molecule has 0 aromatic heterocycles. The second-order valence-corrected chi connectivity index (χ2v) is 4.57. The Morgan fingerprint density at radius 2 is 2.33 bits per heavy atom. The fourth-order valence-electron chi connectivity index (χ4n) is 1.84. The van der Waals surface area contributed by atoms with E-state index in [0.29, 0.717) is 22.9 Å². The summed E-state index contributed by atoms with van der Waals surface area (Å²) in [6.07, 6.45) is 1.64. The molecule has 0 spiro atoms. The molecule has 1 saturated carbocycles. The van der Waals surface area contributed by atoms with Gasteiger partial charge in [0.05, 0.1) is 18.8 Å². The van der Waals surface area contributed by atoms with Crippen molar-refractivity contribution >= 4 is 11.6 Å². The highest BCUT2D eigenvalue weighted by atomic mass is 16.5. The molecule has 0 heterocycles. The van der Waals surface area contributed by atoms with Crippen molar-refractivity contribution in [1.29, 1.82) is 0 Å². The van der Waals surface area contributed by atoms with Crippen LogP contribution in [0.1, 0.15) is 23.2 Å². The number of ether oxygens (including phenoxy) is 1. The van der Waals surface area contributed by atoms with Gasteiger partial charge in [-0.3, -0.25) is 4.79 Å². The normalized spacial score (nSPS) is 16.1. The summed E-state index contributed by atoms with van der Waals surface area (Å²) in [5.74, 6) is 0.526. The molecule has 1 unspecified atom stereocenters. The molecular formula is C13H18N2O3. The van der Waals surface area contributed by atoms with Crippen molar-refractivity contribution < 1.29 is 14.6 Å². The van der Waals surface area contributed by atoms with Gasteiger partial charge < -0.3 is 20.9 Å². The molecule has 1 aromatic rings. The van der Waals surface area contributed by atoms with Crippen molar-refractivity contribution in [2.75, 3.05) is 19.4 Å². The highest BCUT2D eigenvalue weighted by Gasteiger charge is 2.29. The van der Waals surface area contributed by atoms with Gasteiger partial charge in [0.1, 0.15) is 5.75 Å². The molecule has 0 saturated heterocycles. The van der Waals surface area contributed by atoms with Crippen LogP contribution in [-0.2, 0) is 0 Å². The lowest BCUT2D eigenvalue weighted by Crippen LogP contribution is -2.33. The molecule has 1 amide bonds. The van der Waals surface area contributed by atoms with Crippen LogP contribution >= 0.6 is 0 Å². The zero-order valence-corrected chi connectivity index (χ0v) is 10.3. The fraction of sp³-hybridized carbons (Fsp3) is 0.462. The zero-order chi connectivity index (χ0) is 13.1. The number of carbonyl (C=O) groups is 1. The van der Waals surface area contributed by atoms with Crippen molar-refractivity contribution in [3.63, 3.8) is 0 Å². The van der Waals surface area contributed by atoms with Gasteiger partial charge in [-0.1, -0.05) is 0 Å². The molecule has 1 aliphatic carbocycles. The minimum Gasteiger partial charge on any atom is -0.496 e. The molecule has 1 fully saturated rings. The van der Waals surface area contributed by atoms with Gasteiger partial charge in [-0.15, -0.1) is 0 Å². The number of amides is 1. The van der Waals surface area contributed by atoms with Crippen molar-refractivity contribution in [2.45, 2.75) is 18.9 Å².